The smallest absolute Gasteiger partial charge is 0.0524 e. The normalized spacial score (nSPS) is 22.8. The molecule has 2 aliphatic rings. The molecule has 1 fully saturated rings. The second-order valence-corrected chi connectivity index (χ2v) is 6.39. The molecule has 0 radical (unpaired) electrons. The monoisotopic (exact) mass is 304 g/mol. The number of benzene rings is 1. The highest BCUT2D eigenvalue weighted by molar-refractivity contribution is 9.10. The van der Waals surface area contributed by atoms with Gasteiger partial charge in [0, 0.05) is 29.1 Å². The van der Waals surface area contributed by atoms with E-state index in [4.69, 9.17) is 0 Å². The summed E-state index contributed by atoms with van der Waals surface area (Å²) in [5, 5.41) is 4.88. The van der Waals surface area contributed by atoms with Crippen molar-refractivity contribution in [2.24, 2.45) is 0 Å². The molecule has 3 heterocycles. The Morgan fingerprint density at radius 2 is 2.28 bits per heavy atom. The molecule has 1 N–H and O–H groups in total. The molecule has 0 amide bonds. The zero-order valence-electron chi connectivity index (χ0n) is 10.4. The molecule has 1 unspecified atom stereocenters. The van der Waals surface area contributed by atoms with Crippen LogP contribution in [-0.4, -0.2) is 17.7 Å². The number of nitrogens with zero attached hydrogens (tertiary/aromatic N) is 1. The molecule has 0 bridgehead atoms. The van der Waals surface area contributed by atoms with Crippen molar-refractivity contribution < 1.29 is 0 Å². The van der Waals surface area contributed by atoms with E-state index < -0.39 is 0 Å². The van der Waals surface area contributed by atoms with Gasteiger partial charge in [-0.2, -0.15) is 0 Å². The van der Waals surface area contributed by atoms with Gasteiger partial charge in [-0.05, 0) is 64.8 Å². The SMILES string of the molecule is Brc1cn2c3c(cc(C4CCNC4)cc13)CCC2. The van der Waals surface area contributed by atoms with Crippen LogP contribution >= 0.6 is 15.9 Å². The van der Waals surface area contributed by atoms with Crippen molar-refractivity contribution in [3.63, 3.8) is 0 Å². The fourth-order valence-electron chi connectivity index (χ4n) is 3.49. The Bertz CT molecular complexity index is 608. The van der Waals surface area contributed by atoms with Crippen molar-refractivity contribution >= 4 is 26.8 Å². The van der Waals surface area contributed by atoms with Crippen LogP contribution in [0.5, 0.6) is 0 Å². The summed E-state index contributed by atoms with van der Waals surface area (Å²) in [6.45, 7) is 3.48. The summed E-state index contributed by atoms with van der Waals surface area (Å²) in [6.07, 6.45) is 6.05. The van der Waals surface area contributed by atoms with Crippen molar-refractivity contribution in [3.8, 4) is 0 Å². The van der Waals surface area contributed by atoms with Gasteiger partial charge in [0.15, 0.2) is 0 Å². The lowest BCUT2D eigenvalue weighted by molar-refractivity contribution is 0.634. The molecule has 0 spiro atoms. The van der Waals surface area contributed by atoms with Crippen molar-refractivity contribution in [2.75, 3.05) is 13.1 Å². The maximum atomic E-state index is 3.73. The van der Waals surface area contributed by atoms with Gasteiger partial charge in [0.1, 0.15) is 0 Å². The van der Waals surface area contributed by atoms with Crippen LogP contribution in [0, 0.1) is 0 Å². The van der Waals surface area contributed by atoms with Gasteiger partial charge >= 0.3 is 0 Å². The molecular formula is C15H17BrN2. The van der Waals surface area contributed by atoms with E-state index >= 15 is 0 Å². The first-order valence-electron chi connectivity index (χ1n) is 6.85. The van der Waals surface area contributed by atoms with E-state index in [-0.39, 0.29) is 0 Å². The molecule has 4 rings (SSSR count). The molecule has 1 saturated heterocycles. The van der Waals surface area contributed by atoms with Crippen LogP contribution in [0.2, 0.25) is 0 Å². The lowest BCUT2D eigenvalue weighted by Gasteiger charge is -2.18. The fourth-order valence-corrected chi connectivity index (χ4v) is 4.04. The Labute approximate surface area is 115 Å². The van der Waals surface area contributed by atoms with Gasteiger partial charge in [0.25, 0.3) is 0 Å². The summed E-state index contributed by atoms with van der Waals surface area (Å²) < 4.78 is 3.67. The molecule has 3 heteroatoms. The van der Waals surface area contributed by atoms with Crippen molar-refractivity contribution in [2.45, 2.75) is 31.7 Å². The largest absolute Gasteiger partial charge is 0.346 e. The van der Waals surface area contributed by atoms with Crippen LogP contribution in [0.4, 0.5) is 0 Å². The minimum atomic E-state index is 0.711. The Morgan fingerprint density at radius 1 is 1.33 bits per heavy atom. The highest BCUT2D eigenvalue weighted by atomic mass is 79.9. The van der Waals surface area contributed by atoms with Gasteiger partial charge in [0.2, 0.25) is 0 Å². The average Bonchev–Trinajstić information content (AvgIpc) is 3.00. The number of rotatable bonds is 1. The first-order chi connectivity index (χ1) is 8.83. The molecule has 2 aliphatic heterocycles. The summed E-state index contributed by atoms with van der Waals surface area (Å²) >= 11 is 3.73. The third kappa shape index (κ3) is 1.57. The van der Waals surface area contributed by atoms with E-state index in [0.717, 1.165) is 6.54 Å². The molecular weight excluding hydrogens is 288 g/mol. The highest BCUT2D eigenvalue weighted by Gasteiger charge is 2.21. The van der Waals surface area contributed by atoms with E-state index in [2.05, 4.69) is 44.1 Å². The molecule has 2 aromatic rings. The van der Waals surface area contributed by atoms with Crippen LogP contribution in [0.1, 0.15) is 29.9 Å². The van der Waals surface area contributed by atoms with Crippen molar-refractivity contribution in [1.82, 2.24) is 9.88 Å². The molecule has 2 nitrogen and oxygen atoms in total. The minimum absolute atomic E-state index is 0.711. The van der Waals surface area contributed by atoms with Crippen LogP contribution in [0.15, 0.2) is 22.8 Å². The third-order valence-electron chi connectivity index (χ3n) is 4.40. The zero-order valence-corrected chi connectivity index (χ0v) is 12.0. The van der Waals surface area contributed by atoms with Crippen LogP contribution in [0.25, 0.3) is 10.9 Å². The molecule has 18 heavy (non-hydrogen) atoms. The number of aryl methyl sites for hydroxylation is 2. The highest BCUT2D eigenvalue weighted by Crippen LogP contribution is 2.36. The maximum absolute atomic E-state index is 3.73. The molecule has 0 saturated carbocycles. The quantitative estimate of drug-likeness (QED) is 0.854. The van der Waals surface area contributed by atoms with Crippen LogP contribution < -0.4 is 5.32 Å². The van der Waals surface area contributed by atoms with E-state index in [9.17, 15) is 0 Å². The van der Waals surface area contributed by atoms with Gasteiger partial charge in [0.05, 0.1) is 5.52 Å². The van der Waals surface area contributed by atoms with E-state index in [0.29, 0.717) is 5.92 Å². The van der Waals surface area contributed by atoms with E-state index in [1.165, 1.54) is 53.3 Å². The summed E-state index contributed by atoms with van der Waals surface area (Å²) in [4.78, 5) is 0. The second kappa shape index (κ2) is 4.10. The van der Waals surface area contributed by atoms with Crippen molar-refractivity contribution in [3.05, 3.63) is 33.9 Å². The zero-order chi connectivity index (χ0) is 12.1. The number of nitrogens with one attached hydrogen (secondary N) is 1. The Morgan fingerprint density at radius 3 is 3.11 bits per heavy atom. The predicted octanol–water partition coefficient (Wildman–Crippen LogP) is 3.43. The first-order valence-corrected chi connectivity index (χ1v) is 7.64. The summed E-state index contributed by atoms with van der Waals surface area (Å²) in [5.74, 6) is 0.711. The van der Waals surface area contributed by atoms with Gasteiger partial charge in [-0.15, -0.1) is 0 Å². The third-order valence-corrected chi connectivity index (χ3v) is 5.03. The van der Waals surface area contributed by atoms with Gasteiger partial charge in [-0.3, -0.25) is 0 Å². The lowest BCUT2D eigenvalue weighted by atomic mass is 9.92. The minimum Gasteiger partial charge on any atom is -0.346 e. The van der Waals surface area contributed by atoms with Crippen molar-refractivity contribution in [1.29, 1.82) is 0 Å². The Kier molecular flexibility index (Phi) is 2.52. The van der Waals surface area contributed by atoms with Crippen LogP contribution in [-0.2, 0) is 13.0 Å². The van der Waals surface area contributed by atoms with Gasteiger partial charge < -0.3 is 9.88 Å². The van der Waals surface area contributed by atoms with Gasteiger partial charge in [-0.25, -0.2) is 0 Å². The summed E-state index contributed by atoms with van der Waals surface area (Å²) in [6, 6.07) is 4.87. The number of hydrogen-bond donors (Lipinski definition) is 1. The van der Waals surface area contributed by atoms with Crippen LogP contribution in [0.3, 0.4) is 0 Å². The lowest BCUT2D eigenvalue weighted by Crippen LogP contribution is -2.10. The standard InChI is InChI=1S/C15H17BrN2/c16-14-9-18-5-1-2-10-6-12(7-13(14)15(10)18)11-3-4-17-8-11/h6-7,9,11,17H,1-5,8H2. The summed E-state index contributed by atoms with van der Waals surface area (Å²) in [5.41, 5.74) is 4.54. The van der Waals surface area contributed by atoms with E-state index in [1.54, 1.807) is 5.56 Å². The van der Waals surface area contributed by atoms with Gasteiger partial charge in [-0.1, -0.05) is 6.07 Å². The topological polar surface area (TPSA) is 17.0 Å². The fraction of sp³-hybridized carbons (Fsp3) is 0.467. The van der Waals surface area contributed by atoms with E-state index in [1.807, 2.05) is 0 Å². The Balaban J connectivity index is 1.94. The molecule has 1 aromatic heterocycles. The predicted molar refractivity (Wildman–Crippen MR) is 78.2 cm³/mol. The Hall–Kier alpha value is -0.800. The molecule has 94 valence electrons. The maximum Gasteiger partial charge on any atom is 0.0524 e. The first kappa shape index (κ1) is 11.1. The number of aromatic nitrogens is 1. The number of hydrogen-bond acceptors (Lipinski definition) is 1. The summed E-state index contributed by atoms with van der Waals surface area (Å²) in [7, 11) is 0. The molecule has 1 aromatic carbocycles. The molecule has 0 aliphatic carbocycles. The second-order valence-electron chi connectivity index (χ2n) is 5.54. The molecule has 1 atom stereocenters. The average molecular weight is 305 g/mol. The number of halogens is 1.